The van der Waals surface area contributed by atoms with Crippen LogP contribution in [0.1, 0.15) is 5.82 Å². The molecule has 1 amide bonds. The van der Waals surface area contributed by atoms with E-state index < -0.39 is 0 Å². The quantitative estimate of drug-likeness (QED) is 0.599. The second kappa shape index (κ2) is 3.75. The van der Waals surface area contributed by atoms with Crippen LogP contribution in [0.4, 0.5) is 0 Å². The zero-order valence-corrected chi connectivity index (χ0v) is 8.03. The Bertz CT molecular complexity index is 334. The van der Waals surface area contributed by atoms with Crippen LogP contribution in [0.25, 0.3) is 0 Å². The molecule has 2 N–H and O–H groups in total. The van der Waals surface area contributed by atoms with Gasteiger partial charge in [0.25, 0.3) is 0 Å². The molecule has 2 heterocycles. The van der Waals surface area contributed by atoms with Gasteiger partial charge in [-0.05, 0) is 0 Å². The summed E-state index contributed by atoms with van der Waals surface area (Å²) in [6.45, 7) is 1.52. The van der Waals surface area contributed by atoms with Crippen LogP contribution < -0.4 is 10.6 Å². The zero-order chi connectivity index (χ0) is 9.97. The number of rotatable bonds is 2. The standard InChI is InChI=1S/C8H13N5O/c1-13-5-11-12-7(13)4-6-8(14)10-3-2-9-6/h5-6,9H,2-4H2,1H3,(H,10,14). The Hall–Kier alpha value is -1.43. The summed E-state index contributed by atoms with van der Waals surface area (Å²) in [6.07, 6.45) is 2.22. The largest absolute Gasteiger partial charge is 0.353 e. The molecule has 6 heteroatoms. The van der Waals surface area contributed by atoms with E-state index in [0.29, 0.717) is 13.0 Å². The Morgan fingerprint density at radius 1 is 1.64 bits per heavy atom. The minimum Gasteiger partial charge on any atom is -0.353 e. The summed E-state index contributed by atoms with van der Waals surface area (Å²) in [6, 6.07) is -0.174. The summed E-state index contributed by atoms with van der Waals surface area (Å²) >= 11 is 0. The van der Waals surface area contributed by atoms with E-state index in [2.05, 4.69) is 20.8 Å². The number of piperazine rings is 1. The highest BCUT2D eigenvalue weighted by atomic mass is 16.2. The molecule has 1 aromatic rings. The molecule has 0 aromatic carbocycles. The van der Waals surface area contributed by atoms with Gasteiger partial charge in [0, 0.05) is 26.6 Å². The van der Waals surface area contributed by atoms with Gasteiger partial charge in [-0.3, -0.25) is 4.79 Å². The van der Waals surface area contributed by atoms with Crippen molar-refractivity contribution in [2.24, 2.45) is 7.05 Å². The Labute approximate surface area is 81.7 Å². The maximum absolute atomic E-state index is 11.4. The molecular formula is C8H13N5O. The number of nitrogens with zero attached hydrogens (tertiary/aromatic N) is 3. The number of carbonyl (C=O) groups is 1. The van der Waals surface area contributed by atoms with Gasteiger partial charge in [0.05, 0.1) is 6.04 Å². The molecular weight excluding hydrogens is 182 g/mol. The number of aryl methyl sites for hydroxylation is 1. The fourth-order valence-electron chi connectivity index (χ4n) is 1.49. The Balaban J connectivity index is 2.03. The van der Waals surface area contributed by atoms with E-state index in [9.17, 15) is 4.79 Å². The van der Waals surface area contributed by atoms with Gasteiger partial charge in [-0.15, -0.1) is 10.2 Å². The summed E-state index contributed by atoms with van der Waals surface area (Å²) in [5.41, 5.74) is 0. The minimum absolute atomic E-state index is 0.0410. The molecule has 1 atom stereocenters. The average Bonchev–Trinajstić information content (AvgIpc) is 2.56. The minimum atomic E-state index is -0.174. The fourth-order valence-corrected chi connectivity index (χ4v) is 1.49. The third-order valence-corrected chi connectivity index (χ3v) is 2.32. The van der Waals surface area contributed by atoms with Gasteiger partial charge in [-0.2, -0.15) is 0 Å². The van der Waals surface area contributed by atoms with Crippen molar-refractivity contribution in [3.05, 3.63) is 12.2 Å². The summed E-state index contributed by atoms with van der Waals surface area (Å²) in [4.78, 5) is 11.4. The second-order valence-corrected chi connectivity index (χ2v) is 3.36. The summed E-state index contributed by atoms with van der Waals surface area (Å²) in [7, 11) is 1.87. The van der Waals surface area contributed by atoms with Gasteiger partial charge in [-0.1, -0.05) is 0 Å². The van der Waals surface area contributed by atoms with E-state index in [-0.39, 0.29) is 11.9 Å². The number of amides is 1. The van der Waals surface area contributed by atoms with Gasteiger partial charge in [-0.25, -0.2) is 0 Å². The van der Waals surface area contributed by atoms with Crippen molar-refractivity contribution < 1.29 is 4.79 Å². The maximum Gasteiger partial charge on any atom is 0.237 e. The van der Waals surface area contributed by atoms with E-state index in [4.69, 9.17) is 0 Å². The van der Waals surface area contributed by atoms with E-state index in [0.717, 1.165) is 12.4 Å². The topological polar surface area (TPSA) is 71.8 Å². The van der Waals surface area contributed by atoms with Crippen molar-refractivity contribution >= 4 is 5.91 Å². The van der Waals surface area contributed by atoms with Crippen molar-refractivity contribution in [1.29, 1.82) is 0 Å². The molecule has 6 nitrogen and oxygen atoms in total. The molecule has 1 fully saturated rings. The van der Waals surface area contributed by atoms with Crippen molar-refractivity contribution in [1.82, 2.24) is 25.4 Å². The SMILES string of the molecule is Cn1cnnc1CC1NCCNC1=O. The summed E-state index contributed by atoms with van der Waals surface area (Å²) < 4.78 is 1.82. The first-order valence-electron chi connectivity index (χ1n) is 4.61. The summed E-state index contributed by atoms with van der Waals surface area (Å²) in [5, 5.41) is 13.6. The average molecular weight is 195 g/mol. The van der Waals surface area contributed by atoms with Gasteiger partial charge in [0.15, 0.2) is 0 Å². The number of hydrogen-bond acceptors (Lipinski definition) is 4. The third-order valence-electron chi connectivity index (χ3n) is 2.32. The lowest BCUT2D eigenvalue weighted by Crippen LogP contribution is -2.53. The monoisotopic (exact) mass is 195 g/mol. The first kappa shape index (κ1) is 9.14. The van der Waals surface area contributed by atoms with Crippen LogP contribution in [0.15, 0.2) is 6.33 Å². The van der Waals surface area contributed by atoms with Crippen LogP contribution in [0.3, 0.4) is 0 Å². The highest BCUT2D eigenvalue weighted by Gasteiger charge is 2.22. The van der Waals surface area contributed by atoms with E-state index in [1.165, 1.54) is 0 Å². The Morgan fingerprint density at radius 2 is 2.50 bits per heavy atom. The first-order valence-corrected chi connectivity index (χ1v) is 4.61. The number of aromatic nitrogens is 3. The van der Waals surface area contributed by atoms with Gasteiger partial charge >= 0.3 is 0 Å². The highest BCUT2D eigenvalue weighted by molar-refractivity contribution is 5.82. The van der Waals surface area contributed by atoms with Crippen molar-refractivity contribution in [2.75, 3.05) is 13.1 Å². The molecule has 0 bridgehead atoms. The fraction of sp³-hybridized carbons (Fsp3) is 0.625. The van der Waals surface area contributed by atoms with E-state index >= 15 is 0 Å². The van der Waals surface area contributed by atoms with Crippen LogP contribution in [0, 0.1) is 0 Å². The third kappa shape index (κ3) is 1.74. The van der Waals surface area contributed by atoms with E-state index in [1.54, 1.807) is 6.33 Å². The molecule has 14 heavy (non-hydrogen) atoms. The smallest absolute Gasteiger partial charge is 0.237 e. The Morgan fingerprint density at radius 3 is 3.14 bits per heavy atom. The van der Waals surface area contributed by atoms with Crippen LogP contribution in [0.5, 0.6) is 0 Å². The number of carbonyl (C=O) groups excluding carboxylic acids is 1. The first-order chi connectivity index (χ1) is 6.77. The second-order valence-electron chi connectivity index (χ2n) is 3.36. The molecule has 1 aliphatic heterocycles. The number of nitrogens with one attached hydrogen (secondary N) is 2. The molecule has 0 spiro atoms. The molecule has 0 saturated carbocycles. The van der Waals surface area contributed by atoms with Crippen molar-refractivity contribution in [3.63, 3.8) is 0 Å². The Kier molecular flexibility index (Phi) is 2.45. The highest BCUT2D eigenvalue weighted by Crippen LogP contribution is 2.00. The van der Waals surface area contributed by atoms with Crippen LogP contribution >= 0.6 is 0 Å². The van der Waals surface area contributed by atoms with Crippen molar-refractivity contribution in [3.8, 4) is 0 Å². The molecule has 0 aliphatic carbocycles. The molecule has 1 unspecified atom stereocenters. The maximum atomic E-state index is 11.4. The van der Waals surface area contributed by atoms with Gasteiger partial charge in [0.1, 0.15) is 12.2 Å². The molecule has 1 aliphatic rings. The van der Waals surface area contributed by atoms with Crippen LogP contribution in [0.2, 0.25) is 0 Å². The normalized spacial score (nSPS) is 22.1. The molecule has 1 saturated heterocycles. The molecule has 0 radical (unpaired) electrons. The van der Waals surface area contributed by atoms with Crippen LogP contribution in [-0.4, -0.2) is 39.8 Å². The lowest BCUT2D eigenvalue weighted by molar-refractivity contribution is -0.124. The van der Waals surface area contributed by atoms with E-state index in [1.807, 2.05) is 11.6 Å². The lowest BCUT2D eigenvalue weighted by atomic mass is 10.1. The lowest BCUT2D eigenvalue weighted by Gasteiger charge is -2.22. The molecule has 76 valence electrons. The van der Waals surface area contributed by atoms with Crippen molar-refractivity contribution in [2.45, 2.75) is 12.5 Å². The predicted molar refractivity (Wildman–Crippen MR) is 49.5 cm³/mol. The number of hydrogen-bond donors (Lipinski definition) is 2. The molecule has 2 rings (SSSR count). The molecule has 1 aromatic heterocycles. The van der Waals surface area contributed by atoms with Crippen LogP contribution in [-0.2, 0) is 18.3 Å². The van der Waals surface area contributed by atoms with Gasteiger partial charge < -0.3 is 15.2 Å². The zero-order valence-electron chi connectivity index (χ0n) is 8.03. The summed E-state index contributed by atoms with van der Waals surface area (Å²) in [5.74, 6) is 0.860. The predicted octanol–water partition coefficient (Wildman–Crippen LogP) is -1.55. The van der Waals surface area contributed by atoms with Gasteiger partial charge in [0.2, 0.25) is 5.91 Å².